The van der Waals surface area contributed by atoms with E-state index in [1.807, 2.05) is 6.92 Å². The van der Waals surface area contributed by atoms with E-state index in [4.69, 9.17) is 4.74 Å². The third-order valence-corrected chi connectivity index (χ3v) is 3.09. The second-order valence-electron chi connectivity index (χ2n) is 4.65. The maximum Gasteiger partial charge on any atom is 0.272 e. The summed E-state index contributed by atoms with van der Waals surface area (Å²) in [6, 6.07) is 7.96. The van der Waals surface area contributed by atoms with E-state index in [0.717, 1.165) is 0 Å². The van der Waals surface area contributed by atoms with Gasteiger partial charge in [-0.3, -0.25) is 15.1 Å². The van der Waals surface area contributed by atoms with Gasteiger partial charge in [0.05, 0.1) is 22.9 Å². The summed E-state index contributed by atoms with van der Waals surface area (Å²) < 4.78 is 5.60. The molecule has 1 heterocycles. The summed E-state index contributed by atoms with van der Waals surface area (Å²) in [7, 11) is 0. The Balaban J connectivity index is 2.15. The molecule has 1 aromatic carbocycles. The van der Waals surface area contributed by atoms with Crippen molar-refractivity contribution in [3.8, 4) is 11.5 Å². The van der Waals surface area contributed by atoms with Gasteiger partial charge in [-0.15, -0.1) is 0 Å². The number of benzene rings is 1. The minimum Gasteiger partial charge on any atom is -0.456 e. The Bertz CT molecular complexity index is 641. The third kappa shape index (κ3) is 3.55. The molecule has 0 amide bonds. The Morgan fingerprint density at radius 2 is 2.05 bits per heavy atom. The second-order valence-corrected chi connectivity index (χ2v) is 4.65. The van der Waals surface area contributed by atoms with Crippen LogP contribution in [-0.2, 0) is 0 Å². The molecular weight excluding hydrogens is 272 g/mol. The lowest BCUT2D eigenvalue weighted by atomic mass is 10.2. The molecule has 1 atom stereocenters. The Morgan fingerprint density at radius 1 is 1.33 bits per heavy atom. The van der Waals surface area contributed by atoms with Crippen molar-refractivity contribution < 1.29 is 14.8 Å². The highest BCUT2D eigenvalue weighted by Crippen LogP contribution is 2.27. The molecular formula is C15H16N2O4. The van der Waals surface area contributed by atoms with Crippen LogP contribution in [0.15, 0.2) is 36.5 Å². The summed E-state index contributed by atoms with van der Waals surface area (Å²) >= 11 is 0. The van der Waals surface area contributed by atoms with Gasteiger partial charge in [-0.2, -0.15) is 0 Å². The van der Waals surface area contributed by atoms with E-state index in [1.165, 1.54) is 12.3 Å². The molecule has 2 aromatic rings. The number of nitro groups is 1. The van der Waals surface area contributed by atoms with Crippen LogP contribution in [0.25, 0.3) is 0 Å². The zero-order valence-electron chi connectivity index (χ0n) is 11.8. The number of hydrogen-bond acceptors (Lipinski definition) is 5. The molecule has 0 saturated carbocycles. The van der Waals surface area contributed by atoms with Gasteiger partial charge in [0.2, 0.25) is 0 Å². The lowest BCUT2D eigenvalue weighted by molar-refractivity contribution is -0.385. The lowest BCUT2D eigenvalue weighted by Crippen LogP contribution is -1.98. The highest BCUT2D eigenvalue weighted by molar-refractivity contribution is 5.45. The monoisotopic (exact) mass is 288 g/mol. The van der Waals surface area contributed by atoms with Gasteiger partial charge in [0.1, 0.15) is 11.5 Å². The molecule has 0 unspecified atom stereocenters. The number of aromatic nitrogens is 1. The number of nitrogens with zero attached hydrogens (tertiary/aromatic N) is 2. The van der Waals surface area contributed by atoms with E-state index in [0.29, 0.717) is 29.2 Å². The number of ether oxygens (including phenoxy) is 1. The largest absolute Gasteiger partial charge is 0.456 e. The van der Waals surface area contributed by atoms with Crippen LogP contribution in [0.1, 0.15) is 30.7 Å². The molecule has 2 rings (SSSR count). The molecule has 0 aliphatic carbocycles. The van der Waals surface area contributed by atoms with Crippen molar-refractivity contribution in [2.24, 2.45) is 0 Å². The van der Waals surface area contributed by atoms with Gasteiger partial charge in [0, 0.05) is 11.6 Å². The lowest BCUT2D eigenvalue weighted by Gasteiger charge is -2.09. The zero-order valence-corrected chi connectivity index (χ0v) is 11.8. The van der Waals surface area contributed by atoms with Gasteiger partial charge in [-0.25, -0.2) is 0 Å². The summed E-state index contributed by atoms with van der Waals surface area (Å²) in [6.07, 6.45) is 1.53. The van der Waals surface area contributed by atoms with Gasteiger partial charge in [-0.05, 0) is 37.6 Å². The van der Waals surface area contributed by atoms with E-state index in [1.54, 1.807) is 31.2 Å². The number of hydrogen-bond donors (Lipinski definition) is 1. The Hall–Kier alpha value is -2.47. The first-order valence-electron chi connectivity index (χ1n) is 6.58. The highest BCUT2D eigenvalue weighted by atomic mass is 16.6. The maximum atomic E-state index is 10.8. The van der Waals surface area contributed by atoms with Crippen molar-refractivity contribution in [2.75, 3.05) is 0 Å². The first kappa shape index (κ1) is 14.9. The van der Waals surface area contributed by atoms with Crippen molar-refractivity contribution in [3.63, 3.8) is 0 Å². The number of pyridine rings is 1. The van der Waals surface area contributed by atoms with Crippen LogP contribution in [0.4, 0.5) is 5.69 Å². The van der Waals surface area contributed by atoms with Crippen molar-refractivity contribution in [1.29, 1.82) is 0 Å². The number of aryl methyl sites for hydroxylation is 1. The standard InChI is InChI=1S/C15H16N2O4/c1-3-15(18)13-6-4-12(9-16-13)21-11-5-7-14(17(19)20)10(2)8-11/h4-9,15,18H,3H2,1-2H3/t15-/m1/s1. The Kier molecular flexibility index (Phi) is 4.49. The van der Waals surface area contributed by atoms with Crippen LogP contribution in [0.5, 0.6) is 11.5 Å². The normalized spacial score (nSPS) is 12.0. The van der Waals surface area contributed by atoms with Crippen molar-refractivity contribution in [3.05, 3.63) is 57.9 Å². The van der Waals surface area contributed by atoms with E-state index in [2.05, 4.69) is 4.98 Å². The molecule has 6 heteroatoms. The van der Waals surface area contributed by atoms with E-state index < -0.39 is 11.0 Å². The minimum absolute atomic E-state index is 0.0573. The quantitative estimate of drug-likeness (QED) is 0.672. The van der Waals surface area contributed by atoms with Crippen molar-refractivity contribution in [2.45, 2.75) is 26.4 Å². The smallest absolute Gasteiger partial charge is 0.272 e. The average molecular weight is 288 g/mol. The predicted molar refractivity (Wildman–Crippen MR) is 77.4 cm³/mol. The SMILES string of the molecule is CC[C@@H](O)c1ccc(Oc2ccc([N+](=O)[O-])c(C)c2)cn1. The first-order valence-corrected chi connectivity index (χ1v) is 6.58. The van der Waals surface area contributed by atoms with E-state index in [-0.39, 0.29) is 5.69 Å². The Morgan fingerprint density at radius 3 is 2.57 bits per heavy atom. The fraction of sp³-hybridized carbons (Fsp3) is 0.267. The molecule has 0 saturated heterocycles. The molecule has 0 spiro atoms. The predicted octanol–water partition coefficient (Wildman–Crippen LogP) is 3.53. The summed E-state index contributed by atoms with van der Waals surface area (Å²) in [6.45, 7) is 3.53. The van der Waals surface area contributed by atoms with Crippen LogP contribution < -0.4 is 4.74 Å². The molecule has 6 nitrogen and oxygen atoms in total. The average Bonchev–Trinajstić information content (AvgIpc) is 2.47. The number of aliphatic hydroxyl groups is 1. The number of nitro benzene ring substituents is 1. The zero-order chi connectivity index (χ0) is 15.4. The number of rotatable bonds is 5. The molecule has 110 valence electrons. The Labute approximate surface area is 122 Å². The maximum absolute atomic E-state index is 10.8. The minimum atomic E-state index is -0.583. The van der Waals surface area contributed by atoms with Gasteiger partial charge in [-0.1, -0.05) is 6.92 Å². The van der Waals surface area contributed by atoms with Gasteiger partial charge >= 0.3 is 0 Å². The molecule has 21 heavy (non-hydrogen) atoms. The molecule has 0 aliphatic rings. The molecule has 1 aromatic heterocycles. The van der Waals surface area contributed by atoms with Crippen molar-refractivity contribution in [1.82, 2.24) is 4.98 Å². The first-order chi connectivity index (χ1) is 10.0. The summed E-state index contributed by atoms with van der Waals surface area (Å²) in [5.74, 6) is 1.01. The van der Waals surface area contributed by atoms with Crippen LogP contribution in [0.2, 0.25) is 0 Å². The van der Waals surface area contributed by atoms with Gasteiger partial charge in [0.25, 0.3) is 5.69 Å². The van der Waals surface area contributed by atoms with Crippen LogP contribution in [-0.4, -0.2) is 15.0 Å². The molecule has 0 fully saturated rings. The third-order valence-electron chi connectivity index (χ3n) is 3.09. The van der Waals surface area contributed by atoms with E-state index >= 15 is 0 Å². The summed E-state index contributed by atoms with van der Waals surface area (Å²) in [5, 5.41) is 20.4. The molecule has 0 radical (unpaired) electrons. The van der Waals surface area contributed by atoms with Crippen LogP contribution in [0.3, 0.4) is 0 Å². The fourth-order valence-corrected chi connectivity index (χ4v) is 1.89. The molecule has 0 aliphatic heterocycles. The van der Waals surface area contributed by atoms with Crippen LogP contribution >= 0.6 is 0 Å². The second kappa shape index (κ2) is 6.32. The van der Waals surface area contributed by atoms with Gasteiger partial charge < -0.3 is 9.84 Å². The highest BCUT2D eigenvalue weighted by Gasteiger charge is 2.11. The summed E-state index contributed by atoms with van der Waals surface area (Å²) in [4.78, 5) is 14.5. The van der Waals surface area contributed by atoms with Gasteiger partial charge in [0.15, 0.2) is 0 Å². The summed E-state index contributed by atoms with van der Waals surface area (Å²) in [5.41, 5.74) is 1.18. The molecule has 1 N–H and O–H groups in total. The molecule has 0 bridgehead atoms. The number of aliphatic hydroxyl groups excluding tert-OH is 1. The van der Waals surface area contributed by atoms with Crippen molar-refractivity contribution >= 4 is 5.69 Å². The van der Waals surface area contributed by atoms with E-state index in [9.17, 15) is 15.2 Å². The fourth-order valence-electron chi connectivity index (χ4n) is 1.89. The van der Waals surface area contributed by atoms with Crippen LogP contribution in [0, 0.1) is 17.0 Å². The topological polar surface area (TPSA) is 85.5 Å².